The molecule has 3 aliphatic rings. The highest BCUT2D eigenvalue weighted by Gasteiger charge is 2.52. The normalized spacial score (nSPS) is 23.2. The summed E-state index contributed by atoms with van der Waals surface area (Å²) in [5, 5.41) is 1.86. The topological polar surface area (TPSA) is 48.6 Å². The van der Waals surface area contributed by atoms with Gasteiger partial charge in [-0.2, -0.15) is 0 Å². The van der Waals surface area contributed by atoms with E-state index in [-0.39, 0.29) is 24.0 Å². The van der Waals surface area contributed by atoms with E-state index >= 15 is 0 Å². The number of aromatic nitrogens is 1. The maximum absolute atomic E-state index is 13.8. The Hall–Kier alpha value is -2.38. The van der Waals surface area contributed by atoms with Crippen molar-refractivity contribution >= 4 is 50.1 Å². The van der Waals surface area contributed by atoms with Crippen LogP contribution >= 0.6 is 28.1 Å². The van der Waals surface area contributed by atoms with E-state index in [2.05, 4.69) is 50.1 Å². The van der Waals surface area contributed by atoms with Gasteiger partial charge in [0.15, 0.2) is 5.11 Å². The van der Waals surface area contributed by atoms with Crippen LogP contribution in [-0.2, 0) is 11.2 Å². The van der Waals surface area contributed by atoms with Crippen LogP contribution in [0.2, 0.25) is 0 Å². The Kier molecular flexibility index (Phi) is 5.22. The molecule has 1 amide bonds. The first kappa shape index (κ1) is 21.2. The summed E-state index contributed by atoms with van der Waals surface area (Å²) in [7, 11) is 1.68. The fraction of sp³-hybridized carbons (Fsp3) is 0.385. The molecule has 1 aliphatic carbocycles. The first-order chi connectivity index (χ1) is 16.1. The lowest BCUT2D eigenvalue weighted by atomic mass is 9.88. The Balaban J connectivity index is 1.50. The van der Waals surface area contributed by atoms with Crippen molar-refractivity contribution in [2.24, 2.45) is 0 Å². The molecule has 3 aromatic rings. The number of rotatable bonds is 3. The van der Waals surface area contributed by atoms with Gasteiger partial charge in [0.1, 0.15) is 11.8 Å². The predicted octanol–water partition coefficient (Wildman–Crippen LogP) is 5.71. The summed E-state index contributed by atoms with van der Waals surface area (Å²) in [6.07, 6.45) is 6.34. The number of fused-ring (bicyclic) bond motifs is 4. The van der Waals surface area contributed by atoms with Crippen LogP contribution in [0.15, 0.2) is 46.9 Å². The number of nitrogens with one attached hydrogen (secondary N) is 1. The van der Waals surface area contributed by atoms with Gasteiger partial charge in [-0.25, -0.2) is 0 Å². The molecule has 6 rings (SSSR count). The predicted molar refractivity (Wildman–Crippen MR) is 136 cm³/mol. The quantitative estimate of drug-likeness (QED) is 0.446. The third kappa shape index (κ3) is 3.31. The van der Waals surface area contributed by atoms with E-state index < -0.39 is 0 Å². The SMILES string of the molecule is COc1ccc(C2c3[nH]c4ccc(Br)cc4c3CC3C(=O)N(C4CCCCC4)C(=S)N32)cc1. The van der Waals surface area contributed by atoms with Gasteiger partial charge in [-0.1, -0.05) is 47.3 Å². The molecular formula is C26H26BrN3O2S. The highest BCUT2D eigenvalue weighted by Crippen LogP contribution is 2.45. The van der Waals surface area contributed by atoms with Gasteiger partial charge >= 0.3 is 0 Å². The van der Waals surface area contributed by atoms with E-state index in [1.807, 2.05) is 23.1 Å². The molecular weight excluding hydrogens is 498 g/mol. The van der Waals surface area contributed by atoms with Gasteiger partial charge in [0.2, 0.25) is 0 Å². The minimum Gasteiger partial charge on any atom is -0.497 e. The molecule has 5 nitrogen and oxygen atoms in total. The number of amides is 1. The molecule has 2 aliphatic heterocycles. The Morgan fingerprint density at radius 1 is 1.09 bits per heavy atom. The Morgan fingerprint density at radius 3 is 2.58 bits per heavy atom. The fourth-order valence-corrected chi connectivity index (χ4v) is 6.76. The van der Waals surface area contributed by atoms with Gasteiger partial charge in [0.25, 0.3) is 5.91 Å². The summed E-state index contributed by atoms with van der Waals surface area (Å²) in [5.74, 6) is 0.983. The monoisotopic (exact) mass is 523 g/mol. The maximum Gasteiger partial charge on any atom is 0.252 e. The molecule has 33 heavy (non-hydrogen) atoms. The van der Waals surface area contributed by atoms with Gasteiger partial charge in [0, 0.05) is 33.5 Å². The maximum atomic E-state index is 13.8. The van der Waals surface area contributed by atoms with Crippen LogP contribution in [0.5, 0.6) is 5.75 Å². The minimum atomic E-state index is -0.267. The first-order valence-electron chi connectivity index (χ1n) is 11.7. The van der Waals surface area contributed by atoms with Crippen LogP contribution in [0.25, 0.3) is 10.9 Å². The second kappa shape index (κ2) is 8.13. The second-order valence-corrected chi connectivity index (χ2v) is 10.6. The smallest absolute Gasteiger partial charge is 0.252 e. The van der Waals surface area contributed by atoms with Gasteiger partial charge < -0.3 is 14.6 Å². The summed E-state index contributed by atoms with van der Waals surface area (Å²) in [5.41, 5.74) is 4.54. The Labute approximate surface area is 207 Å². The van der Waals surface area contributed by atoms with E-state index in [0.717, 1.165) is 39.8 Å². The molecule has 2 unspecified atom stereocenters. The number of thiocarbonyl (C=S) groups is 1. The molecule has 1 saturated carbocycles. The Bertz CT molecular complexity index is 1250. The van der Waals surface area contributed by atoms with E-state index in [9.17, 15) is 4.79 Å². The standard InChI is InChI=1S/C26H26BrN3O2S/c1-32-18-10-7-15(8-11-18)24-23-20(19-13-16(27)9-12-21(19)28-23)14-22-25(31)29(26(33)30(22)24)17-5-3-2-4-6-17/h7-13,17,22,24,28H,2-6,14H2,1H3. The van der Waals surface area contributed by atoms with Crippen molar-refractivity contribution in [3.8, 4) is 5.75 Å². The van der Waals surface area contributed by atoms with E-state index in [1.54, 1.807) is 7.11 Å². The van der Waals surface area contributed by atoms with Crippen LogP contribution in [0.1, 0.15) is 55.0 Å². The van der Waals surface area contributed by atoms with E-state index in [4.69, 9.17) is 17.0 Å². The summed E-state index contributed by atoms with van der Waals surface area (Å²) >= 11 is 9.66. The van der Waals surface area contributed by atoms with E-state index in [0.29, 0.717) is 11.5 Å². The van der Waals surface area contributed by atoms with Gasteiger partial charge in [-0.05, 0) is 66.5 Å². The molecule has 0 spiro atoms. The number of H-pyrrole nitrogens is 1. The number of hydrogen-bond acceptors (Lipinski definition) is 3. The number of benzene rings is 2. The van der Waals surface area contributed by atoms with Gasteiger partial charge in [-0.3, -0.25) is 9.69 Å². The number of methoxy groups -OCH3 is 1. The minimum absolute atomic E-state index is 0.138. The highest BCUT2D eigenvalue weighted by molar-refractivity contribution is 9.10. The molecule has 1 saturated heterocycles. The lowest BCUT2D eigenvalue weighted by Crippen LogP contribution is -2.44. The molecule has 7 heteroatoms. The molecule has 2 atom stereocenters. The van der Waals surface area contributed by atoms with Crippen LogP contribution in [0, 0.1) is 0 Å². The van der Waals surface area contributed by atoms with Crippen molar-refractivity contribution in [3.63, 3.8) is 0 Å². The van der Waals surface area contributed by atoms with Crippen molar-refractivity contribution in [2.75, 3.05) is 7.11 Å². The summed E-state index contributed by atoms with van der Waals surface area (Å²) in [4.78, 5) is 21.7. The third-order valence-corrected chi connectivity index (χ3v) is 8.41. The van der Waals surface area contributed by atoms with Crippen LogP contribution in [-0.4, -0.2) is 45.0 Å². The zero-order valence-electron chi connectivity index (χ0n) is 18.5. The first-order valence-corrected chi connectivity index (χ1v) is 12.9. The number of carbonyl (C=O) groups excluding carboxylic acids is 1. The fourth-order valence-electron chi connectivity index (χ4n) is 5.92. The summed E-state index contributed by atoms with van der Waals surface area (Å²) in [6.45, 7) is 0. The number of aromatic amines is 1. The van der Waals surface area contributed by atoms with Crippen LogP contribution in [0.3, 0.4) is 0 Å². The van der Waals surface area contributed by atoms with Crippen molar-refractivity contribution in [3.05, 3.63) is 63.8 Å². The van der Waals surface area contributed by atoms with Crippen LogP contribution in [0.4, 0.5) is 0 Å². The molecule has 0 radical (unpaired) electrons. The number of ether oxygens (including phenoxy) is 1. The van der Waals surface area contributed by atoms with Crippen molar-refractivity contribution in [2.45, 2.75) is 56.7 Å². The number of carbonyl (C=O) groups is 1. The van der Waals surface area contributed by atoms with Gasteiger partial charge in [-0.15, -0.1) is 0 Å². The molecule has 2 aromatic carbocycles. The third-order valence-electron chi connectivity index (χ3n) is 7.51. The molecule has 2 fully saturated rings. The lowest BCUT2D eigenvalue weighted by Gasteiger charge is -2.38. The van der Waals surface area contributed by atoms with Crippen LogP contribution < -0.4 is 4.74 Å². The van der Waals surface area contributed by atoms with E-state index in [1.165, 1.54) is 30.2 Å². The molecule has 0 bridgehead atoms. The Morgan fingerprint density at radius 2 is 1.85 bits per heavy atom. The lowest BCUT2D eigenvalue weighted by molar-refractivity contribution is -0.130. The number of hydrogen-bond donors (Lipinski definition) is 1. The van der Waals surface area contributed by atoms with Gasteiger partial charge in [0.05, 0.1) is 13.2 Å². The summed E-state index contributed by atoms with van der Waals surface area (Å²) in [6, 6.07) is 14.3. The molecule has 1 aromatic heterocycles. The molecule has 3 heterocycles. The average Bonchev–Trinajstić information content (AvgIpc) is 3.32. The summed E-state index contributed by atoms with van der Waals surface area (Å²) < 4.78 is 6.43. The molecule has 1 N–H and O–H groups in total. The van der Waals surface area contributed by atoms with Crippen molar-refractivity contribution < 1.29 is 9.53 Å². The zero-order valence-corrected chi connectivity index (χ0v) is 20.9. The van der Waals surface area contributed by atoms with Crippen molar-refractivity contribution in [1.82, 2.24) is 14.8 Å². The highest BCUT2D eigenvalue weighted by atomic mass is 79.9. The number of nitrogens with zero attached hydrogens (tertiary/aromatic N) is 2. The largest absolute Gasteiger partial charge is 0.497 e. The number of halogens is 1. The zero-order chi connectivity index (χ0) is 22.7. The second-order valence-electron chi connectivity index (χ2n) is 9.29. The molecule has 170 valence electrons. The average molecular weight is 524 g/mol. The van der Waals surface area contributed by atoms with Crippen molar-refractivity contribution in [1.29, 1.82) is 0 Å².